The number of aromatic nitrogens is 3. The second kappa shape index (κ2) is 4.39. The van der Waals surface area contributed by atoms with Gasteiger partial charge in [0.1, 0.15) is 5.82 Å². The third-order valence-corrected chi connectivity index (χ3v) is 2.46. The third-order valence-electron chi connectivity index (χ3n) is 1.47. The summed E-state index contributed by atoms with van der Waals surface area (Å²) in [6.45, 7) is 1.79. The molecule has 1 aromatic rings. The van der Waals surface area contributed by atoms with E-state index in [0.717, 1.165) is 0 Å². The number of rotatable bonds is 3. The van der Waals surface area contributed by atoms with Gasteiger partial charge in [0.15, 0.2) is 0 Å². The lowest BCUT2D eigenvalue weighted by atomic mass is 10.6. The van der Waals surface area contributed by atoms with E-state index in [1.807, 2.05) is 0 Å². The topological polar surface area (TPSA) is 30.7 Å². The number of nitrogens with zero attached hydrogens (tertiary/aromatic N) is 3. The van der Waals surface area contributed by atoms with E-state index in [1.165, 1.54) is 4.57 Å². The standard InChI is InChI=1S/C6H7ClF3N3S/c1-4-11-12-5(7)13(4)2-3-14-6(8,9)10/h2-3H2,1H3. The molecule has 0 aromatic carbocycles. The molecule has 0 amide bonds. The van der Waals surface area contributed by atoms with Crippen LogP contribution in [-0.4, -0.2) is 26.0 Å². The molecule has 0 radical (unpaired) electrons. The fraction of sp³-hybridized carbons (Fsp3) is 0.667. The summed E-state index contributed by atoms with van der Waals surface area (Å²) >= 11 is 5.51. The summed E-state index contributed by atoms with van der Waals surface area (Å²) in [4.78, 5) is 0. The lowest BCUT2D eigenvalue weighted by Gasteiger charge is -2.07. The molecular formula is C6H7ClF3N3S. The van der Waals surface area contributed by atoms with E-state index in [1.54, 1.807) is 6.92 Å². The second-order valence-corrected chi connectivity index (χ2v) is 3.96. The molecular weight excluding hydrogens is 239 g/mol. The van der Waals surface area contributed by atoms with Gasteiger partial charge in [-0.05, 0) is 30.3 Å². The summed E-state index contributed by atoms with van der Waals surface area (Å²) < 4.78 is 36.8. The molecule has 1 aromatic heterocycles. The highest BCUT2D eigenvalue weighted by molar-refractivity contribution is 8.00. The average Bonchev–Trinajstić information content (AvgIpc) is 2.33. The van der Waals surface area contributed by atoms with Crippen molar-refractivity contribution in [3.8, 4) is 0 Å². The molecule has 14 heavy (non-hydrogen) atoms. The van der Waals surface area contributed by atoms with Crippen molar-refractivity contribution in [1.82, 2.24) is 14.8 Å². The lowest BCUT2D eigenvalue weighted by Crippen LogP contribution is -2.08. The predicted octanol–water partition coefficient (Wildman–Crippen LogP) is 2.49. The molecule has 0 spiro atoms. The van der Waals surface area contributed by atoms with Gasteiger partial charge >= 0.3 is 5.51 Å². The molecule has 0 aliphatic heterocycles. The zero-order valence-corrected chi connectivity index (χ0v) is 8.75. The maximum atomic E-state index is 11.8. The SMILES string of the molecule is Cc1nnc(Cl)n1CCSC(F)(F)F. The summed E-state index contributed by atoms with van der Waals surface area (Å²) in [5.74, 6) is 0.417. The van der Waals surface area contributed by atoms with Crippen molar-refractivity contribution in [2.45, 2.75) is 19.0 Å². The predicted molar refractivity (Wildman–Crippen MR) is 48.3 cm³/mol. The van der Waals surface area contributed by atoms with E-state index in [9.17, 15) is 13.2 Å². The van der Waals surface area contributed by atoms with Crippen molar-refractivity contribution in [2.24, 2.45) is 0 Å². The Hall–Kier alpha value is -0.430. The van der Waals surface area contributed by atoms with Crippen molar-refractivity contribution in [3.63, 3.8) is 0 Å². The van der Waals surface area contributed by atoms with Gasteiger partial charge in [-0.2, -0.15) is 13.2 Å². The van der Waals surface area contributed by atoms with Gasteiger partial charge in [0.25, 0.3) is 0 Å². The van der Waals surface area contributed by atoms with Crippen LogP contribution in [0.1, 0.15) is 5.82 Å². The fourth-order valence-corrected chi connectivity index (χ4v) is 1.61. The zero-order valence-electron chi connectivity index (χ0n) is 7.18. The molecule has 0 aliphatic rings. The van der Waals surface area contributed by atoms with Gasteiger partial charge in [0.05, 0.1) is 0 Å². The van der Waals surface area contributed by atoms with Crippen LogP contribution in [0.3, 0.4) is 0 Å². The molecule has 0 saturated heterocycles. The number of hydrogen-bond donors (Lipinski definition) is 0. The van der Waals surface area contributed by atoms with E-state index < -0.39 is 5.51 Å². The van der Waals surface area contributed by atoms with Crippen LogP contribution in [0.2, 0.25) is 5.28 Å². The fourth-order valence-electron chi connectivity index (χ4n) is 0.862. The van der Waals surface area contributed by atoms with Crippen molar-refractivity contribution < 1.29 is 13.2 Å². The smallest absolute Gasteiger partial charge is 0.301 e. The summed E-state index contributed by atoms with van der Waals surface area (Å²) in [6, 6.07) is 0. The van der Waals surface area contributed by atoms with Crippen LogP contribution in [0.4, 0.5) is 13.2 Å². The van der Waals surface area contributed by atoms with Crippen LogP contribution in [0.5, 0.6) is 0 Å². The minimum Gasteiger partial charge on any atom is -0.301 e. The molecule has 0 unspecified atom stereocenters. The Morgan fingerprint density at radius 2 is 2.07 bits per heavy atom. The quantitative estimate of drug-likeness (QED) is 0.820. The Balaban J connectivity index is 2.46. The Morgan fingerprint density at radius 3 is 2.50 bits per heavy atom. The van der Waals surface area contributed by atoms with Crippen molar-refractivity contribution in [1.29, 1.82) is 0 Å². The van der Waals surface area contributed by atoms with Gasteiger partial charge in [-0.15, -0.1) is 10.2 Å². The van der Waals surface area contributed by atoms with E-state index in [4.69, 9.17) is 11.6 Å². The molecule has 0 N–H and O–H groups in total. The van der Waals surface area contributed by atoms with E-state index in [2.05, 4.69) is 10.2 Å². The molecule has 1 heterocycles. The Labute approximate surface area is 87.6 Å². The van der Waals surface area contributed by atoms with E-state index in [-0.39, 0.29) is 29.3 Å². The van der Waals surface area contributed by atoms with Gasteiger partial charge in [-0.3, -0.25) is 0 Å². The summed E-state index contributed by atoms with van der Waals surface area (Å²) in [7, 11) is 0. The number of alkyl halides is 3. The van der Waals surface area contributed by atoms with Crippen molar-refractivity contribution in [3.05, 3.63) is 11.1 Å². The molecule has 0 bridgehead atoms. The van der Waals surface area contributed by atoms with Gasteiger partial charge in [-0.1, -0.05) is 0 Å². The molecule has 0 aliphatic carbocycles. The Kier molecular flexibility index (Phi) is 3.65. The molecule has 0 fully saturated rings. The molecule has 3 nitrogen and oxygen atoms in total. The maximum absolute atomic E-state index is 11.8. The first-order valence-electron chi connectivity index (χ1n) is 3.66. The zero-order chi connectivity index (χ0) is 10.8. The second-order valence-electron chi connectivity index (χ2n) is 2.46. The Bertz CT molecular complexity index is 292. The van der Waals surface area contributed by atoms with Crippen LogP contribution >= 0.6 is 23.4 Å². The van der Waals surface area contributed by atoms with E-state index in [0.29, 0.717) is 5.82 Å². The first-order chi connectivity index (χ1) is 6.40. The normalized spacial score (nSPS) is 12.1. The summed E-state index contributed by atoms with van der Waals surface area (Å²) in [6.07, 6.45) is 0. The van der Waals surface area contributed by atoms with Gasteiger partial charge in [-0.25, -0.2) is 0 Å². The van der Waals surface area contributed by atoms with Crippen LogP contribution in [0, 0.1) is 6.92 Å². The van der Waals surface area contributed by atoms with Crippen molar-refractivity contribution >= 4 is 23.4 Å². The van der Waals surface area contributed by atoms with Gasteiger partial charge in [0, 0.05) is 12.3 Å². The van der Waals surface area contributed by atoms with Crippen LogP contribution in [-0.2, 0) is 6.54 Å². The first-order valence-corrected chi connectivity index (χ1v) is 5.02. The van der Waals surface area contributed by atoms with Crippen LogP contribution < -0.4 is 0 Å². The monoisotopic (exact) mass is 245 g/mol. The average molecular weight is 246 g/mol. The molecule has 0 atom stereocenters. The molecule has 8 heteroatoms. The minimum absolute atomic E-state index is 0.0858. The highest BCUT2D eigenvalue weighted by Gasteiger charge is 2.27. The highest BCUT2D eigenvalue weighted by atomic mass is 35.5. The number of hydrogen-bond acceptors (Lipinski definition) is 3. The largest absolute Gasteiger partial charge is 0.441 e. The summed E-state index contributed by atoms with van der Waals surface area (Å²) in [5.41, 5.74) is -4.20. The molecule has 0 saturated carbocycles. The molecule has 80 valence electrons. The van der Waals surface area contributed by atoms with Gasteiger partial charge < -0.3 is 4.57 Å². The minimum atomic E-state index is -4.20. The van der Waals surface area contributed by atoms with E-state index >= 15 is 0 Å². The number of aryl methyl sites for hydroxylation is 1. The first kappa shape index (κ1) is 11.6. The summed E-state index contributed by atoms with van der Waals surface area (Å²) in [5, 5.41) is 7.26. The highest BCUT2D eigenvalue weighted by Crippen LogP contribution is 2.30. The van der Waals surface area contributed by atoms with Crippen LogP contribution in [0.25, 0.3) is 0 Å². The van der Waals surface area contributed by atoms with Crippen molar-refractivity contribution in [2.75, 3.05) is 5.75 Å². The van der Waals surface area contributed by atoms with Crippen LogP contribution in [0.15, 0.2) is 0 Å². The Morgan fingerprint density at radius 1 is 1.43 bits per heavy atom. The number of halogens is 4. The third kappa shape index (κ3) is 3.38. The molecule has 1 rings (SSSR count). The lowest BCUT2D eigenvalue weighted by molar-refractivity contribution is -0.0328. The van der Waals surface area contributed by atoms with Gasteiger partial charge in [0.2, 0.25) is 5.28 Å². The number of thioether (sulfide) groups is 1. The maximum Gasteiger partial charge on any atom is 0.441 e.